The second-order valence-electron chi connectivity index (χ2n) is 5.24. The summed E-state index contributed by atoms with van der Waals surface area (Å²) in [6.07, 6.45) is 5.50. The lowest BCUT2D eigenvalue weighted by molar-refractivity contribution is -0.123. The summed E-state index contributed by atoms with van der Waals surface area (Å²) >= 11 is 0. The van der Waals surface area contributed by atoms with Gasteiger partial charge < -0.3 is 15.7 Å². The molecule has 0 bridgehead atoms. The molecule has 4 nitrogen and oxygen atoms in total. The number of aliphatic hydroxyl groups is 1. The summed E-state index contributed by atoms with van der Waals surface area (Å²) < 4.78 is 0. The van der Waals surface area contributed by atoms with Gasteiger partial charge in [-0.25, -0.2) is 0 Å². The number of carbonyl (C=O) groups is 1. The van der Waals surface area contributed by atoms with Crippen LogP contribution < -0.4 is 10.6 Å². The number of hydrogen-bond acceptors (Lipinski definition) is 3. The molecule has 2 atom stereocenters. The fraction of sp³-hybridized carbons (Fsp3) is 0.923. The molecule has 1 rings (SSSR count). The van der Waals surface area contributed by atoms with E-state index in [0.717, 1.165) is 25.8 Å². The average molecular weight is 242 g/mol. The van der Waals surface area contributed by atoms with Gasteiger partial charge in [-0.1, -0.05) is 19.8 Å². The van der Waals surface area contributed by atoms with E-state index in [9.17, 15) is 4.79 Å². The van der Waals surface area contributed by atoms with Crippen LogP contribution in [0.15, 0.2) is 0 Å². The molecule has 0 saturated heterocycles. The topological polar surface area (TPSA) is 61.4 Å². The van der Waals surface area contributed by atoms with Crippen LogP contribution in [-0.4, -0.2) is 36.2 Å². The molecule has 100 valence electrons. The Labute approximate surface area is 104 Å². The molecule has 0 spiro atoms. The summed E-state index contributed by atoms with van der Waals surface area (Å²) in [5.41, 5.74) is 0. The smallest absolute Gasteiger partial charge is 0.237 e. The first kappa shape index (κ1) is 14.5. The predicted octanol–water partition coefficient (Wildman–Crippen LogP) is 1.04. The van der Waals surface area contributed by atoms with Crippen molar-refractivity contribution in [3.8, 4) is 0 Å². The van der Waals surface area contributed by atoms with Gasteiger partial charge in [0.15, 0.2) is 0 Å². The third-order valence-electron chi connectivity index (χ3n) is 3.49. The summed E-state index contributed by atoms with van der Waals surface area (Å²) in [6.45, 7) is 4.96. The van der Waals surface area contributed by atoms with Crippen LogP contribution in [0.3, 0.4) is 0 Å². The van der Waals surface area contributed by atoms with Crippen LogP contribution in [0, 0.1) is 5.92 Å². The summed E-state index contributed by atoms with van der Waals surface area (Å²) in [7, 11) is 0. The molecule has 0 aromatic rings. The Morgan fingerprint density at radius 3 is 2.59 bits per heavy atom. The van der Waals surface area contributed by atoms with E-state index in [0.29, 0.717) is 12.0 Å². The van der Waals surface area contributed by atoms with Gasteiger partial charge in [0, 0.05) is 12.6 Å². The number of carbonyl (C=O) groups excluding carboxylic acids is 1. The molecule has 17 heavy (non-hydrogen) atoms. The van der Waals surface area contributed by atoms with Crippen LogP contribution in [0.2, 0.25) is 0 Å². The minimum Gasteiger partial charge on any atom is -0.396 e. The van der Waals surface area contributed by atoms with Crippen molar-refractivity contribution in [2.45, 2.75) is 58.0 Å². The molecule has 0 heterocycles. The van der Waals surface area contributed by atoms with Crippen LogP contribution in [0.4, 0.5) is 0 Å². The molecule has 1 aliphatic carbocycles. The minimum atomic E-state index is -0.142. The quantitative estimate of drug-likeness (QED) is 0.625. The molecule has 1 fully saturated rings. The molecule has 1 aliphatic rings. The highest BCUT2D eigenvalue weighted by Gasteiger charge is 2.20. The lowest BCUT2D eigenvalue weighted by Gasteiger charge is -2.19. The Kier molecular flexibility index (Phi) is 6.52. The maximum absolute atomic E-state index is 11.8. The third kappa shape index (κ3) is 5.50. The number of hydrogen-bond donors (Lipinski definition) is 3. The summed E-state index contributed by atoms with van der Waals surface area (Å²) in [6, 6.07) is 0.248. The van der Waals surface area contributed by atoms with Crippen LogP contribution >= 0.6 is 0 Å². The maximum atomic E-state index is 11.8. The molecule has 0 aromatic heterocycles. The normalized spacial score (nSPS) is 20.2. The predicted molar refractivity (Wildman–Crippen MR) is 68.7 cm³/mol. The van der Waals surface area contributed by atoms with Gasteiger partial charge in [0.25, 0.3) is 0 Å². The molecule has 4 heteroatoms. The van der Waals surface area contributed by atoms with Crippen LogP contribution in [0.25, 0.3) is 0 Å². The largest absolute Gasteiger partial charge is 0.396 e. The first-order valence-corrected chi connectivity index (χ1v) is 6.78. The van der Waals surface area contributed by atoms with Crippen molar-refractivity contribution < 1.29 is 9.90 Å². The van der Waals surface area contributed by atoms with Crippen LogP contribution in [0.1, 0.15) is 46.0 Å². The van der Waals surface area contributed by atoms with Gasteiger partial charge in [0.05, 0.1) is 6.04 Å². The van der Waals surface area contributed by atoms with Gasteiger partial charge in [-0.2, -0.15) is 0 Å². The summed E-state index contributed by atoms with van der Waals surface area (Å²) in [4.78, 5) is 11.8. The Hall–Kier alpha value is -0.610. The second kappa shape index (κ2) is 7.67. The molecule has 2 unspecified atom stereocenters. The van der Waals surface area contributed by atoms with Gasteiger partial charge >= 0.3 is 0 Å². The van der Waals surface area contributed by atoms with E-state index in [1.165, 1.54) is 12.8 Å². The Morgan fingerprint density at radius 1 is 1.35 bits per heavy atom. The lowest BCUT2D eigenvalue weighted by Crippen LogP contribution is -2.46. The van der Waals surface area contributed by atoms with Gasteiger partial charge in [-0.05, 0) is 38.6 Å². The highest BCUT2D eigenvalue weighted by Crippen LogP contribution is 2.17. The first-order valence-electron chi connectivity index (χ1n) is 6.78. The van der Waals surface area contributed by atoms with Gasteiger partial charge in [0.2, 0.25) is 5.91 Å². The summed E-state index contributed by atoms with van der Waals surface area (Å²) in [5.74, 6) is 0.509. The number of nitrogens with one attached hydrogen (secondary N) is 2. The van der Waals surface area contributed by atoms with Crippen molar-refractivity contribution in [3.63, 3.8) is 0 Å². The Balaban J connectivity index is 2.17. The van der Waals surface area contributed by atoms with E-state index in [1.807, 2.05) is 6.92 Å². The molecular weight excluding hydrogens is 216 g/mol. The van der Waals surface area contributed by atoms with E-state index in [1.54, 1.807) is 0 Å². The van der Waals surface area contributed by atoms with Crippen molar-refractivity contribution in [2.75, 3.05) is 13.2 Å². The van der Waals surface area contributed by atoms with Gasteiger partial charge in [-0.15, -0.1) is 0 Å². The minimum absolute atomic E-state index is 0.105. The zero-order valence-electron chi connectivity index (χ0n) is 11.0. The average Bonchev–Trinajstić information content (AvgIpc) is 2.79. The number of rotatable bonds is 7. The highest BCUT2D eigenvalue weighted by molar-refractivity contribution is 5.81. The van der Waals surface area contributed by atoms with E-state index in [-0.39, 0.29) is 18.6 Å². The fourth-order valence-electron chi connectivity index (χ4n) is 2.19. The van der Waals surface area contributed by atoms with Crippen molar-refractivity contribution in [3.05, 3.63) is 0 Å². The number of aliphatic hydroxyl groups excluding tert-OH is 1. The highest BCUT2D eigenvalue weighted by atomic mass is 16.3. The van der Waals surface area contributed by atoms with E-state index >= 15 is 0 Å². The Bertz CT molecular complexity index is 227. The van der Waals surface area contributed by atoms with Crippen molar-refractivity contribution in [1.29, 1.82) is 0 Å². The van der Waals surface area contributed by atoms with Crippen molar-refractivity contribution in [1.82, 2.24) is 10.6 Å². The summed E-state index contributed by atoms with van der Waals surface area (Å²) in [5, 5.41) is 15.1. The third-order valence-corrected chi connectivity index (χ3v) is 3.49. The zero-order chi connectivity index (χ0) is 12.7. The van der Waals surface area contributed by atoms with E-state index in [4.69, 9.17) is 5.11 Å². The molecule has 0 aromatic carbocycles. The zero-order valence-corrected chi connectivity index (χ0v) is 11.0. The Morgan fingerprint density at radius 2 is 2.00 bits per heavy atom. The molecule has 0 aliphatic heterocycles. The van der Waals surface area contributed by atoms with E-state index in [2.05, 4.69) is 17.6 Å². The lowest BCUT2D eigenvalue weighted by atomic mass is 10.1. The van der Waals surface area contributed by atoms with Gasteiger partial charge in [0.1, 0.15) is 0 Å². The molecular formula is C13H26N2O2. The molecule has 1 amide bonds. The fourth-order valence-corrected chi connectivity index (χ4v) is 2.19. The SMILES string of the molecule is CC(CCO)CNC(C)C(=O)NC1CCCC1. The molecule has 0 radical (unpaired) electrons. The molecule has 3 N–H and O–H groups in total. The number of amides is 1. The first-order chi connectivity index (χ1) is 8.13. The van der Waals surface area contributed by atoms with E-state index < -0.39 is 0 Å². The monoisotopic (exact) mass is 242 g/mol. The van der Waals surface area contributed by atoms with Crippen LogP contribution in [0.5, 0.6) is 0 Å². The van der Waals surface area contributed by atoms with Crippen molar-refractivity contribution in [2.24, 2.45) is 5.92 Å². The molecule has 1 saturated carbocycles. The second-order valence-corrected chi connectivity index (χ2v) is 5.24. The van der Waals surface area contributed by atoms with Crippen molar-refractivity contribution >= 4 is 5.91 Å². The maximum Gasteiger partial charge on any atom is 0.237 e. The standard InChI is InChI=1S/C13H26N2O2/c1-10(7-8-16)9-14-11(2)13(17)15-12-5-3-4-6-12/h10-12,14,16H,3-9H2,1-2H3,(H,15,17). The van der Waals surface area contributed by atoms with Gasteiger partial charge in [-0.3, -0.25) is 4.79 Å². The van der Waals surface area contributed by atoms with Crippen LogP contribution in [-0.2, 0) is 4.79 Å².